The molecule has 1 aliphatic heterocycles. The number of rotatable bonds is 1. The lowest BCUT2D eigenvalue weighted by atomic mass is 10.1. The Balaban J connectivity index is 2.18. The topological polar surface area (TPSA) is 44.5 Å². The normalized spacial score (nSPS) is 12.6. The van der Waals surface area contributed by atoms with Crippen LogP contribution >= 0.6 is 0 Å². The quantitative estimate of drug-likeness (QED) is 0.713. The number of hydrogen-bond donors (Lipinski definition) is 0. The summed E-state index contributed by atoms with van der Waals surface area (Å²) >= 11 is 0. The van der Waals surface area contributed by atoms with E-state index in [0.717, 1.165) is 28.4 Å². The molecule has 4 nitrogen and oxygen atoms in total. The van der Waals surface area contributed by atoms with Crippen LogP contribution in [0.4, 0.5) is 0 Å². The van der Waals surface area contributed by atoms with Crippen LogP contribution in [0.5, 0.6) is 11.5 Å². The van der Waals surface area contributed by atoms with Crippen LogP contribution < -0.4 is 9.47 Å². The Hall–Kier alpha value is -1.97. The van der Waals surface area contributed by atoms with Gasteiger partial charge in [0.15, 0.2) is 5.76 Å². The van der Waals surface area contributed by atoms with Gasteiger partial charge in [-0.3, -0.25) is 0 Å². The van der Waals surface area contributed by atoms with Gasteiger partial charge in [-0.25, -0.2) is 0 Å². The highest BCUT2D eigenvalue weighted by molar-refractivity contribution is 5.71. The van der Waals surface area contributed by atoms with Crippen molar-refractivity contribution in [1.29, 1.82) is 0 Å². The maximum absolute atomic E-state index is 5.57. The Kier molecular flexibility index (Phi) is 1.68. The van der Waals surface area contributed by atoms with Gasteiger partial charge in [0.05, 0.1) is 24.4 Å². The molecule has 0 unspecified atom stereocenters. The van der Waals surface area contributed by atoms with Crippen LogP contribution in [0.2, 0.25) is 0 Å². The molecule has 2 aromatic rings. The third-order valence-corrected chi connectivity index (χ3v) is 2.46. The number of fused-ring (bicyclic) bond motifs is 3. The molecule has 15 heavy (non-hydrogen) atoms. The van der Waals surface area contributed by atoms with E-state index in [1.165, 1.54) is 0 Å². The van der Waals surface area contributed by atoms with E-state index in [1.54, 1.807) is 13.3 Å². The van der Waals surface area contributed by atoms with Gasteiger partial charge in [0.1, 0.15) is 18.1 Å². The van der Waals surface area contributed by atoms with E-state index in [9.17, 15) is 0 Å². The predicted molar refractivity (Wildman–Crippen MR) is 52.8 cm³/mol. The van der Waals surface area contributed by atoms with Crippen LogP contribution in [-0.2, 0) is 6.61 Å². The van der Waals surface area contributed by atoms with E-state index >= 15 is 0 Å². The second-order valence-electron chi connectivity index (χ2n) is 3.33. The summed E-state index contributed by atoms with van der Waals surface area (Å²) in [6.07, 6.45) is 1.68. The largest absolute Gasteiger partial charge is 0.497 e. The maximum atomic E-state index is 5.57. The predicted octanol–water partition coefficient (Wildman–Crippen LogP) is 2.24. The Morgan fingerprint density at radius 1 is 1.40 bits per heavy atom. The fourth-order valence-corrected chi connectivity index (χ4v) is 1.68. The molecule has 0 saturated heterocycles. The molecule has 0 spiro atoms. The number of ether oxygens (including phenoxy) is 2. The zero-order valence-electron chi connectivity index (χ0n) is 8.19. The smallest absolute Gasteiger partial charge is 0.177 e. The molecule has 0 radical (unpaired) electrons. The second-order valence-corrected chi connectivity index (χ2v) is 3.33. The molecule has 0 saturated carbocycles. The van der Waals surface area contributed by atoms with Crippen molar-refractivity contribution < 1.29 is 14.0 Å². The number of nitrogens with zero attached hydrogens (tertiary/aromatic N) is 1. The minimum absolute atomic E-state index is 0.499. The Morgan fingerprint density at radius 2 is 2.33 bits per heavy atom. The van der Waals surface area contributed by atoms with Crippen molar-refractivity contribution in [2.75, 3.05) is 7.11 Å². The lowest BCUT2D eigenvalue weighted by molar-refractivity contribution is 0.295. The van der Waals surface area contributed by atoms with E-state index in [0.29, 0.717) is 6.61 Å². The highest BCUT2D eigenvalue weighted by Gasteiger charge is 2.21. The highest BCUT2D eigenvalue weighted by Crippen LogP contribution is 2.39. The van der Waals surface area contributed by atoms with Crippen molar-refractivity contribution in [2.24, 2.45) is 0 Å². The third-order valence-electron chi connectivity index (χ3n) is 2.46. The average molecular weight is 203 g/mol. The van der Waals surface area contributed by atoms with Gasteiger partial charge in [0.25, 0.3) is 0 Å². The minimum atomic E-state index is 0.499. The van der Waals surface area contributed by atoms with E-state index in [2.05, 4.69) is 5.16 Å². The first-order valence-corrected chi connectivity index (χ1v) is 4.63. The summed E-state index contributed by atoms with van der Waals surface area (Å²) in [5, 5.41) is 3.76. The van der Waals surface area contributed by atoms with Crippen LogP contribution in [-0.4, -0.2) is 12.3 Å². The first kappa shape index (κ1) is 8.35. The lowest BCUT2D eigenvalue weighted by Crippen LogP contribution is -2.03. The number of methoxy groups -OCH3 is 1. The summed E-state index contributed by atoms with van der Waals surface area (Å²) in [7, 11) is 1.63. The van der Waals surface area contributed by atoms with E-state index in [4.69, 9.17) is 14.0 Å². The summed E-state index contributed by atoms with van der Waals surface area (Å²) in [5.74, 6) is 2.34. The Bertz CT molecular complexity index is 504. The van der Waals surface area contributed by atoms with Gasteiger partial charge in [-0.15, -0.1) is 0 Å². The van der Waals surface area contributed by atoms with E-state index in [1.807, 2.05) is 18.2 Å². The monoisotopic (exact) mass is 203 g/mol. The molecular weight excluding hydrogens is 194 g/mol. The van der Waals surface area contributed by atoms with Gasteiger partial charge in [0, 0.05) is 6.07 Å². The molecule has 0 N–H and O–H groups in total. The van der Waals surface area contributed by atoms with Crippen molar-refractivity contribution in [3.63, 3.8) is 0 Å². The molecule has 0 amide bonds. The lowest BCUT2D eigenvalue weighted by Gasteiger charge is -2.16. The van der Waals surface area contributed by atoms with Crippen LogP contribution in [0.1, 0.15) is 5.56 Å². The summed E-state index contributed by atoms with van der Waals surface area (Å²) in [4.78, 5) is 0. The third kappa shape index (κ3) is 1.18. The van der Waals surface area contributed by atoms with Crippen LogP contribution in [0, 0.1) is 0 Å². The standard InChI is InChI=1S/C11H9NO3/c1-13-8-2-3-9-10(4-8)14-6-7-5-12-15-11(7)9/h2-5H,6H2,1H3. The molecular formula is C11H9NO3. The fourth-order valence-electron chi connectivity index (χ4n) is 1.68. The van der Waals surface area contributed by atoms with E-state index < -0.39 is 0 Å². The zero-order chi connectivity index (χ0) is 10.3. The minimum Gasteiger partial charge on any atom is -0.497 e. The molecule has 2 heterocycles. The summed E-state index contributed by atoms with van der Waals surface area (Å²) in [6.45, 7) is 0.499. The van der Waals surface area contributed by atoms with Gasteiger partial charge in [-0.05, 0) is 12.1 Å². The molecule has 1 aliphatic rings. The maximum Gasteiger partial charge on any atom is 0.177 e. The number of aromatic nitrogens is 1. The molecule has 0 aliphatic carbocycles. The summed E-state index contributed by atoms with van der Waals surface area (Å²) in [6, 6.07) is 5.64. The van der Waals surface area contributed by atoms with E-state index in [-0.39, 0.29) is 0 Å². The molecule has 76 valence electrons. The summed E-state index contributed by atoms with van der Waals surface area (Å²) in [5.41, 5.74) is 1.90. The van der Waals surface area contributed by atoms with Crippen molar-refractivity contribution in [3.05, 3.63) is 30.0 Å². The average Bonchev–Trinajstić information content (AvgIpc) is 2.76. The van der Waals surface area contributed by atoms with Gasteiger partial charge in [-0.2, -0.15) is 0 Å². The molecule has 1 aromatic carbocycles. The molecule has 0 bridgehead atoms. The van der Waals surface area contributed by atoms with Crippen LogP contribution in [0.25, 0.3) is 11.3 Å². The number of benzene rings is 1. The second kappa shape index (κ2) is 3.02. The highest BCUT2D eigenvalue weighted by atomic mass is 16.5. The van der Waals surface area contributed by atoms with Gasteiger partial charge >= 0.3 is 0 Å². The van der Waals surface area contributed by atoms with Crippen molar-refractivity contribution in [1.82, 2.24) is 5.16 Å². The van der Waals surface area contributed by atoms with Gasteiger partial charge in [0.2, 0.25) is 0 Å². The first-order chi connectivity index (χ1) is 7.38. The Morgan fingerprint density at radius 3 is 3.20 bits per heavy atom. The Labute approximate surface area is 86.4 Å². The van der Waals surface area contributed by atoms with Crippen molar-refractivity contribution in [3.8, 4) is 22.8 Å². The fraction of sp³-hybridized carbons (Fsp3) is 0.182. The molecule has 1 aromatic heterocycles. The van der Waals surface area contributed by atoms with Crippen molar-refractivity contribution in [2.45, 2.75) is 6.61 Å². The van der Waals surface area contributed by atoms with Crippen molar-refractivity contribution >= 4 is 0 Å². The molecule has 0 fully saturated rings. The SMILES string of the molecule is COc1ccc2c(c1)OCc1cnoc1-2. The zero-order valence-corrected chi connectivity index (χ0v) is 8.19. The van der Waals surface area contributed by atoms with Crippen LogP contribution in [0.3, 0.4) is 0 Å². The molecule has 0 atom stereocenters. The molecule has 3 rings (SSSR count). The van der Waals surface area contributed by atoms with Gasteiger partial charge < -0.3 is 14.0 Å². The summed E-state index contributed by atoms with van der Waals surface area (Å²) < 4.78 is 15.9. The first-order valence-electron chi connectivity index (χ1n) is 4.63. The molecule has 4 heteroatoms. The number of hydrogen-bond acceptors (Lipinski definition) is 4. The van der Waals surface area contributed by atoms with Gasteiger partial charge in [-0.1, -0.05) is 5.16 Å². The van der Waals surface area contributed by atoms with Crippen LogP contribution in [0.15, 0.2) is 28.9 Å².